The van der Waals surface area contributed by atoms with Gasteiger partial charge in [0.2, 0.25) is 0 Å². The van der Waals surface area contributed by atoms with Gasteiger partial charge in [0.05, 0.1) is 5.52 Å². The number of benzene rings is 2. The molecule has 4 rings (SSSR count). The van der Waals surface area contributed by atoms with Crippen LogP contribution < -0.4 is 5.76 Å². The van der Waals surface area contributed by atoms with Crippen LogP contribution in [0.15, 0.2) is 51.7 Å². The largest absolute Gasteiger partial charge is 0.427 e. The number of aromatic nitrogens is 1. The molecule has 3 aromatic rings. The molecular weight excluding hydrogens is 326 g/mol. The molecule has 0 atom stereocenters. The number of rotatable bonds is 2. The summed E-state index contributed by atoms with van der Waals surface area (Å²) >= 11 is 0. The van der Waals surface area contributed by atoms with Gasteiger partial charge in [0.15, 0.2) is 5.58 Å². The van der Waals surface area contributed by atoms with Crippen molar-refractivity contribution in [1.82, 2.24) is 4.57 Å². The average Bonchev–Trinajstić information content (AvgIpc) is 3.01. The fourth-order valence-corrected chi connectivity index (χ4v) is 3.88. The summed E-state index contributed by atoms with van der Waals surface area (Å²) in [5.74, 6) is -0.970. The fourth-order valence-electron chi connectivity index (χ4n) is 3.88. The van der Waals surface area contributed by atoms with Crippen LogP contribution >= 0.6 is 0 Å². The second kappa shape index (κ2) is 6.45. The van der Waals surface area contributed by atoms with Gasteiger partial charge in [-0.25, -0.2) is 9.36 Å². The van der Waals surface area contributed by atoms with Crippen LogP contribution in [0.4, 0.5) is 0 Å². The van der Waals surface area contributed by atoms with Crippen molar-refractivity contribution in [3.05, 3.63) is 75.3 Å². The standard InChI is InChI=1S/C22H21NO3/c1-3-14(2)20-16-9-5-4-8-15(16)12-13-17(20)21(24)23-18-10-6-7-11-19(18)26-22(23)25/h3,6-7,10-13H,4-5,8-9H2,1-2H3/b14-3+. The lowest BCUT2D eigenvalue weighted by molar-refractivity contribution is 0.0956. The maximum Gasteiger partial charge on any atom is 0.427 e. The quantitative estimate of drug-likeness (QED) is 0.681. The Balaban J connectivity index is 1.96. The maximum atomic E-state index is 13.3. The third-order valence-corrected chi connectivity index (χ3v) is 5.28. The summed E-state index contributed by atoms with van der Waals surface area (Å²) in [4.78, 5) is 25.7. The van der Waals surface area contributed by atoms with E-state index in [4.69, 9.17) is 4.42 Å². The van der Waals surface area contributed by atoms with Gasteiger partial charge < -0.3 is 4.42 Å². The van der Waals surface area contributed by atoms with Crippen LogP contribution in [0.5, 0.6) is 0 Å². The van der Waals surface area contributed by atoms with E-state index in [0.717, 1.165) is 35.0 Å². The highest BCUT2D eigenvalue weighted by atomic mass is 16.4. The first-order chi connectivity index (χ1) is 12.6. The molecule has 0 spiro atoms. The number of fused-ring (bicyclic) bond motifs is 2. The number of hydrogen-bond donors (Lipinski definition) is 0. The number of oxazole rings is 1. The van der Waals surface area contributed by atoms with Crippen molar-refractivity contribution in [2.45, 2.75) is 39.5 Å². The van der Waals surface area contributed by atoms with E-state index < -0.39 is 5.76 Å². The summed E-state index contributed by atoms with van der Waals surface area (Å²) in [5.41, 5.74) is 6.10. The summed E-state index contributed by atoms with van der Waals surface area (Å²) in [6.07, 6.45) is 6.35. The van der Waals surface area contributed by atoms with E-state index in [9.17, 15) is 9.59 Å². The monoisotopic (exact) mass is 347 g/mol. The van der Waals surface area contributed by atoms with Crippen molar-refractivity contribution in [3.8, 4) is 0 Å². The molecule has 0 bridgehead atoms. The lowest BCUT2D eigenvalue weighted by Gasteiger charge is -2.22. The summed E-state index contributed by atoms with van der Waals surface area (Å²) in [7, 11) is 0. The van der Waals surface area contributed by atoms with E-state index in [1.165, 1.54) is 17.5 Å². The number of carbonyl (C=O) groups is 1. The van der Waals surface area contributed by atoms with Crippen molar-refractivity contribution < 1.29 is 9.21 Å². The smallest absolute Gasteiger partial charge is 0.407 e. The molecule has 1 aromatic heterocycles. The second-order valence-electron chi connectivity index (χ2n) is 6.78. The topological polar surface area (TPSA) is 52.2 Å². The molecule has 0 unspecified atom stereocenters. The third kappa shape index (κ3) is 2.53. The van der Waals surface area contributed by atoms with E-state index >= 15 is 0 Å². The average molecular weight is 347 g/mol. The van der Waals surface area contributed by atoms with E-state index in [1.54, 1.807) is 24.3 Å². The summed E-state index contributed by atoms with van der Waals surface area (Å²) < 4.78 is 6.40. The zero-order valence-electron chi connectivity index (χ0n) is 15.0. The van der Waals surface area contributed by atoms with Gasteiger partial charge in [-0.05, 0) is 80.0 Å². The van der Waals surface area contributed by atoms with Crippen LogP contribution in [0.1, 0.15) is 53.7 Å². The number of nitrogens with zero attached hydrogens (tertiary/aromatic N) is 1. The molecule has 0 N–H and O–H groups in total. The van der Waals surface area contributed by atoms with Crippen molar-refractivity contribution in [2.75, 3.05) is 0 Å². The van der Waals surface area contributed by atoms with Crippen LogP contribution in [0.25, 0.3) is 16.7 Å². The Morgan fingerprint density at radius 3 is 2.69 bits per heavy atom. The number of hydrogen-bond acceptors (Lipinski definition) is 3. The Labute approximate surface area is 151 Å². The van der Waals surface area contributed by atoms with Crippen molar-refractivity contribution in [3.63, 3.8) is 0 Å². The van der Waals surface area contributed by atoms with Crippen LogP contribution in [0.3, 0.4) is 0 Å². The molecule has 0 radical (unpaired) electrons. The predicted molar refractivity (Wildman–Crippen MR) is 103 cm³/mol. The van der Waals surface area contributed by atoms with Crippen molar-refractivity contribution in [2.24, 2.45) is 0 Å². The summed E-state index contributed by atoms with van der Waals surface area (Å²) in [5, 5.41) is 0. The van der Waals surface area contributed by atoms with Gasteiger partial charge in [-0.3, -0.25) is 4.79 Å². The van der Waals surface area contributed by atoms with E-state index in [-0.39, 0.29) is 5.91 Å². The molecular formula is C22H21NO3. The summed E-state index contributed by atoms with van der Waals surface area (Å²) in [6.45, 7) is 4.00. The minimum Gasteiger partial charge on any atom is -0.407 e. The van der Waals surface area contributed by atoms with Crippen molar-refractivity contribution >= 4 is 22.6 Å². The number of allylic oxidation sites excluding steroid dienone is 2. The highest BCUT2D eigenvalue weighted by Gasteiger charge is 2.24. The third-order valence-electron chi connectivity index (χ3n) is 5.28. The number of para-hydroxylation sites is 2. The molecule has 26 heavy (non-hydrogen) atoms. The molecule has 0 saturated heterocycles. The molecule has 0 amide bonds. The van der Waals surface area contributed by atoms with Gasteiger partial charge in [-0.2, -0.15) is 0 Å². The lowest BCUT2D eigenvalue weighted by atomic mass is 9.83. The number of carbonyl (C=O) groups excluding carboxylic acids is 1. The zero-order valence-corrected chi connectivity index (χ0v) is 15.0. The Morgan fingerprint density at radius 2 is 1.88 bits per heavy atom. The highest BCUT2D eigenvalue weighted by Crippen LogP contribution is 2.32. The van der Waals surface area contributed by atoms with Crippen molar-refractivity contribution in [1.29, 1.82) is 0 Å². The zero-order chi connectivity index (χ0) is 18.3. The molecule has 4 heteroatoms. The number of aryl methyl sites for hydroxylation is 1. The van der Waals surface area contributed by atoms with Gasteiger partial charge in [-0.1, -0.05) is 24.3 Å². The van der Waals surface area contributed by atoms with Gasteiger partial charge in [-0.15, -0.1) is 0 Å². The molecule has 0 fully saturated rings. The van der Waals surface area contributed by atoms with E-state index in [2.05, 4.69) is 0 Å². The van der Waals surface area contributed by atoms with Gasteiger partial charge >= 0.3 is 5.76 Å². The normalized spacial score (nSPS) is 14.5. The second-order valence-corrected chi connectivity index (χ2v) is 6.78. The fraction of sp³-hybridized carbons (Fsp3) is 0.273. The van der Waals surface area contributed by atoms with Crippen LogP contribution in [0.2, 0.25) is 0 Å². The Hall–Kier alpha value is -2.88. The SMILES string of the molecule is C/C=C(\C)c1c(C(=O)n2c(=O)oc3ccccc32)ccc2c1CCCC2. The van der Waals surface area contributed by atoms with E-state index in [0.29, 0.717) is 16.7 Å². The minimum absolute atomic E-state index is 0.329. The maximum absolute atomic E-state index is 13.3. The molecule has 2 aromatic carbocycles. The molecule has 1 aliphatic carbocycles. The van der Waals surface area contributed by atoms with Crippen LogP contribution in [-0.2, 0) is 12.8 Å². The van der Waals surface area contributed by atoms with Gasteiger partial charge in [0.25, 0.3) is 5.91 Å². The first-order valence-electron chi connectivity index (χ1n) is 9.05. The molecule has 132 valence electrons. The van der Waals surface area contributed by atoms with Gasteiger partial charge in [0, 0.05) is 5.56 Å². The lowest BCUT2D eigenvalue weighted by Crippen LogP contribution is -2.25. The molecule has 1 aliphatic rings. The molecule has 0 saturated carbocycles. The Kier molecular flexibility index (Phi) is 4.11. The van der Waals surface area contributed by atoms with Crippen LogP contribution in [-0.4, -0.2) is 10.5 Å². The predicted octanol–water partition coefficient (Wildman–Crippen LogP) is 4.59. The van der Waals surface area contributed by atoms with E-state index in [1.807, 2.05) is 32.1 Å². The van der Waals surface area contributed by atoms with Gasteiger partial charge in [0.1, 0.15) is 0 Å². The highest BCUT2D eigenvalue weighted by molar-refractivity contribution is 6.04. The molecule has 1 heterocycles. The minimum atomic E-state index is -0.641. The molecule has 4 nitrogen and oxygen atoms in total. The van der Waals surface area contributed by atoms with Crippen LogP contribution in [0, 0.1) is 0 Å². The Bertz CT molecular complexity index is 1100. The Morgan fingerprint density at radius 1 is 1.12 bits per heavy atom. The molecule has 0 aliphatic heterocycles. The summed E-state index contributed by atoms with van der Waals surface area (Å²) in [6, 6.07) is 10.9. The first kappa shape index (κ1) is 16.6. The first-order valence-corrected chi connectivity index (χ1v) is 9.05.